The third-order valence-electron chi connectivity index (χ3n) is 6.52. The second-order valence-electron chi connectivity index (χ2n) is 9.38. The van der Waals surface area contributed by atoms with E-state index < -0.39 is 54.2 Å². The van der Waals surface area contributed by atoms with E-state index in [1.54, 1.807) is 0 Å². The first-order valence-corrected chi connectivity index (χ1v) is 12.9. The highest BCUT2D eigenvalue weighted by Gasteiger charge is 2.52. The van der Waals surface area contributed by atoms with Crippen LogP contribution in [0.2, 0.25) is 0 Å². The molecule has 0 aliphatic carbocycles. The highest BCUT2D eigenvalue weighted by Crippen LogP contribution is 2.41. The van der Waals surface area contributed by atoms with Crippen molar-refractivity contribution in [3.05, 3.63) is 108 Å². The minimum absolute atomic E-state index is 0.210. The van der Waals surface area contributed by atoms with E-state index in [9.17, 15) is 19.5 Å². The number of hydrogen-bond acceptors (Lipinski definition) is 9. The molecule has 40 heavy (non-hydrogen) atoms. The average molecular weight is 549 g/mol. The zero-order valence-corrected chi connectivity index (χ0v) is 22.5. The van der Waals surface area contributed by atoms with Crippen LogP contribution in [0.4, 0.5) is 0 Å². The molecule has 0 aromatic heterocycles. The molecule has 1 N–H and O–H groups in total. The lowest BCUT2D eigenvalue weighted by atomic mass is 9.80. The van der Waals surface area contributed by atoms with Crippen LogP contribution < -0.4 is 0 Å². The van der Waals surface area contributed by atoms with E-state index in [0.717, 1.165) is 30.5 Å². The highest BCUT2D eigenvalue weighted by molar-refractivity contribution is 5.68. The fourth-order valence-corrected chi connectivity index (χ4v) is 4.98. The van der Waals surface area contributed by atoms with Gasteiger partial charge in [-0.25, -0.2) is 0 Å². The Morgan fingerprint density at radius 2 is 1.02 bits per heavy atom. The Morgan fingerprint density at radius 1 is 0.650 bits per heavy atom. The molecule has 0 bridgehead atoms. The summed E-state index contributed by atoms with van der Waals surface area (Å²) in [6.07, 6.45) is -6.82. The monoisotopic (exact) mass is 548 g/mol. The van der Waals surface area contributed by atoms with E-state index in [1.807, 2.05) is 91.0 Å². The van der Waals surface area contributed by atoms with Crippen molar-refractivity contribution in [3.63, 3.8) is 0 Å². The van der Waals surface area contributed by atoms with E-state index in [4.69, 9.17) is 23.7 Å². The van der Waals surface area contributed by atoms with Gasteiger partial charge in [0.05, 0.1) is 6.61 Å². The van der Waals surface area contributed by atoms with Crippen LogP contribution in [0.5, 0.6) is 0 Å². The fraction of sp³-hybridized carbons (Fsp3) is 0.323. The standard InChI is InChI=1S/C31H32O9/c1-20(32)37-27-26(40-30(35)29(39-22(3)34)28(27)38-21(2)33)19-36-31(23-13-7-4-8-14-23,24-15-9-5-10-16-24)25-17-11-6-12-18-25/h4-18,26-30,35H,19H2,1-3H3/t26-,27-,28+,29-,30+/m1/s1. The highest BCUT2D eigenvalue weighted by atomic mass is 16.7. The maximum atomic E-state index is 12.1. The molecule has 9 nitrogen and oxygen atoms in total. The maximum absolute atomic E-state index is 12.1. The first kappa shape index (κ1) is 28.9. The van der Waals surface area contributed by atoms with Crippen molar-refractivity contribution < 1.29 is 43.2 Å². The van der Waals surface area contributed by atoms with Crippen LogP contribution in [0.1, 0.15) is 37.5 Å². The summed E-state index contributed by atoms with van der Waals surface area (Å²) in [6, 6.07) is 28.8. The van der Waals surface area contributed by atoms with Crippen LogP contribution in [0.25, 0.3) is 0 Å². The zero-order chi connectivity index (χ0) is 28.7. The van der Waals surface area contributed by atoms with Crippen molar-refractivity contribution in [2.24, 2.45) is 0 Å². The summed E-state index contributed by atoms with van der Waals surface area (Å²) in [6.45, 7) is 3.28. The third-order valence-corrected chi connectivity index (χ3v) is 6.52. The number of rotatable bonds is 9. The van der Waals surface area contributed by atoms with Gasteiger partial charge < -0.3 is 28.8 Å². The third kappa shape index (κ3) is 6.39. The van der Waals surface area contributed by atoms with Crippen molar-refractivity contribution in [3.8, 4) is 0 Å². The van der Waals surface area contributed by atoms with Crippen molar-refractivity contribution in [1.82, 2.24) is 0 Å². The van der Waals surface area contributed by atoms with Gasteiger partial charge in [-0.3, -0.25) is 14.4 Å². The average Bonchev–Trinajstić information content (AvgIpc) is 2.94. The number of aliphatic hydroxyl groups is 1. The van der Waals surface area contributed by atoms with Gasteiger partial charge in [-0.15, -0.1) is 0 Å². The lowest BCUT2D eigenvalue weighted by Crippen LogP contribution is -2.62. The van der Waals surface area contributed by atoms with Gasteiger partial charge in [-0.1, -0.05) is 91.0 Å². The zero-order valence-electron chi connectivity index (χ0n) is 22.5. The van der Waals surface area contributed by atoms with Gasteiger partial charge in [0.25, 0.3) is 0 Å². The van der Waals surface area contributed by atoms with Gasteiger partial charge in [-0.05, 0) is 16.7 Å². The van der Waals surface area contributed by atoms with Crippen molar-refractivity contribution in [2.45, 2.75) is 57.1 Å². The largest absolute Gasteiger partial charge is 0.456 e. The molecular formula is C31H32O9. The molecule has 9 heteroatoms. The number of ether oxygens (including phenoxy) is 5. The number of carbonyl (C=O) groups is 3. The van der Waals surface area contributed by atoms with Crippen LogP contribution >= 0.6 is 0 Å². The summed E-state index contributed by atoms with van der Waals surface area (Å²) in [5.74, 6) is -2.15. The van der Waals surface area contributed by atoms with E-state index in [1.165, 1.54) is 6.92 Å². The normalized spacial score (nSPS) is 22.6. The van der Waals surface area contributed by atoms with Crippen molar-refractivity contribution in [2.75, 3.05) is 6.61 Å². The SMILES string of the molecule is CC(=O)O[C@@H]1[C@@H](OC(C)=O)[C@@H](O)O[C@H](COC(c2ccccc2)(c2ccccc2)c2ccccc2)[C@H]1OC(C)=O. The predicted octanol–water partition coefficient (Wildman–Crippen LogP) is 3.51. The van der Waals surface area contributed by atoms with E-state index in [-0.39, 0.29) is 6.61 Å². The molecule has 0 radical (unpaired) electrons. The Bertz CT molecular complexity index is 1180. The molecule has 0 saturated carbocycles. The Labute approximate surface area is 232 Å². The molecule has 3 aromatic carbocycles. The number of aliphatic hydroxyl groups excluding tert-OH is 1. The van der Waals surface area contributed by atoms with E-state index in [2.05, 4.69) is 0 Å². The van der Waals surface area contributed by atoms with Gasteiger partial charge >= 0.3 is 17.9 Å². The van der Waals surface area contributed by atoms with Crippen LogP contribution in [0, 0.1) is 0 Å². The van der Waals surface area contributed by atoms with Crippen LogP contribution in [-0.2, 0) is 43.7 Å². The molecule has 0 amide bonds. The Kier molecular flexibility index (Phi) is 9.31. The molecule has 1 heterocycles. The molecule has 1 fully saturated rings. The smallest absolute Gasteiger partial charge is 0.303 e. The minimum Gasteiger partial charge on any atom is -0.456 e. The molecule has 1 aliphatic heterocycles. The van der Waals surface area contributed by atoms with Crippen molar-refractivity contribution >= 4 is 17.9 Å². The lowest BCUT2D eigenvalue weighted by molar-refractivity contribution is -0.299. The Morgan fingerprint density at radius 3 is 1.43 bits per heavy atom. The van der Waals surface area contributed by atoms with Gasteiger partial charge in [0.1, 0.15) is 11.7 Å². The van der Waals surface area contributed by atoms with E-state index >= 15 is 0 Å². The molecule has 3 aromatic rings. The predicted molar refractivity (Wildman–Crippen MR) is 143 cm³/mol. The molecule has 1 aliphatic rings. The summed E-state index contributed by atoms with van der Waals surface area (Å²) in [7, 11) is 0. The number of benzene rings is 3. The molecule has 5 atom stereocenters. The first-order valence-electron chi connectivity index (χ1n) is 12.9. The molecule has 4 rings (SSSR count). The number of carbonyl (C=O) groups excluding carboxylic acids is 3. The van der Waals surface area contributed by atoms with Gasteiger partial charge in [0.15, 0.2) is 24.6 Å². The summed E-state index contributed by atoms with van der Waals surface area (Å²) < 4.78 is 28.8. The second-order valence-corrected chi connectivity index (χ2v) is 9.38. The molecule has 0 spiro atoms. The molecular weight excluding hydrogens is 516 g/mol. The topological polar surface area (TPSA) is 118 Å². The second kappa shape index (κ2) is 12.9. The van der Waals surface area contributed by atoms with Crippen molar-refractivity contribution in [1.29, 1.82) is 0 Å². The fourth-order valence-electron chi connectivity index (χ4n) is 4.98. The summed E-state index contributed by atoms with van der Waals surface area (Å²) >= 11 is 0. The number of esters is 3. The van der Waals surface area contributed by atoms with Gasteiger partial charge in [0, 0.05) is 20.8 Å². The summed E-state index contributed by atoms with van der Waals surface area (Å²) in [5, 5.41) is 10.8. The van der Waals surface area contributed by atoms with E-state index in [0.29, 0.717) is 0 Å². The lowest BCUT2D eigenvalue weighted by Gasteiger charge is -2.44. The number of hydrogen-bond donors (Lipinski definition) is 1. The minimum atomic E-state index is -1.69. The maximum Gasteiger partial charge on any atom is 0.303 e. The van der Waals surface area contributed by atoms with Crippen LogP contribution in [0.3, 0.4) is 0 Å². The Hall–Kier alpha value is -4.05. The quantitative estimate of drug-likeness (QED) is 0.244. The first-order chi connectivity index (χ1) is 19.2. The summed E-state index contributed by atoms with van der Waals surface area (Å²) in [4.78, 5) is 35.9. The van der Waals surface area contributed by atoms with Gasteiger partial charge in [-0.2, -0.15) is 0 Å². The Balaban J connectivity index is 1.79. The van der Waals surface area contributed by atoms with Crippen LogP contribution in [-0.4, -0.2) is 60.3 Å². The summed E-state index contributed by atoms with van der Waals surface area (Å²) in [5.41, 5.74) is 1.33. The van der Waals surface area contributed by atoms with Gasteiger partial charge in [0.2, 0.25) is 0 Å². The molecule has 1 saturated heterocycles. The molecule has 210 valence electrons. The van der Waals surface area contributed by atoms with Crippen LogP contribution in [0.15, 0.2) is 91.0 Å². The molecule has 0 unspecified atom stereocenters.